The normalized spacial score (nSPS) is 54.8. The summed E-state index contributed by atoms with van der Waals surface area (Å²) in [5.74, 6) is 0.876. The van der Waals surface area contributed by atoms with E-state index in [0.717, 1.165) is 18.9 Å². The van der Waals surface area contributed by atoms with Crippen LogP contribution < -0.4 is 0 Å². The van der Waals surface area contributed by atoms with E-state index in [9.17, 15) is 0 Å². The molecule has 4 rings (SSSR count). The van der Waals surface area contributed by atoms with Crippen LogP contribution in [-0.2, 0) is 9.47 Å². The summed E-state index contributed by atoms with van der Waals surface area (Å²) in [4.78, 5) is 0. The summed E-state index contributed by atoms with van der Waals surface area (Å²) < 4.78 is 12.8. The molecule has 1 aliphatic heterocycles. The molecule has 4 aliphatic rings. The Hall–Kier alpha value is -0.0800. The van der Waals surface area contributed by atoms with Crippen molar-refractivity contribution < 1.29 is 9.47 Å². The largest absolute Gasteiger partial charge is 0.375 e. The molecule has 1 heterocycles. The molecule has 3 saturated carbocycles. The second kappa shape index (κ2) is 3.76. The van der Waals surface area contributed by atoms with Crippen LogP contribution in [0.25, 0.3) is 0 Å². The molecular weight excluding hydrogens is 236 g/mol. The molecule has 1 saturated heterocycles. The predicted molar refractivity (Wildman–Crippen MR) is 75.0 cm³/mol. The molecule has 0 aromatic carbocycles. The first-order valence-corrected chi connectivity index (χ1v) is 8.27. The first kappa shape index (κ1) is 12.6. The van der Waals surface area contributed by atoms with Crippen LogP contribution in [0.3, 0.4) is 0 Å². The van der Waals surface area contributed by atoms with Gasteiger partial charge in [-0.1, -0.05) is 20.8 Å². The lowest BCUT2D eigenvalue weighted by Crippen LogP contribution is -2.46. The summed E-state index contributed by atoms with van der Waals surface area (Å²) in [5, 5.41) is 0. The van der Waals surface area contributed by atoms with Crippen molar-refractivity contribution in [3.05, 3.63) is 0 Å². The fourth-order valence-corrected chi connectivity index (χ4v) is 5.69. The third-order valence-electron chi connectivity index (χ3n) is 7.59. The van der Waals surface area contributed by atoms with Gasteiger partial charge in [0.2, 0.25) is 0 Å². The van der Waals surface area contributed by atoms with Crippen LogP contribution in [0, 0.1) is 16.7 Å². The highest BCUT2D eigenvalue weighted by Crippen LogP contribution is 2.67. The van der Waals surface area contributed by atoms with Crippen molar-refractivity contribution in [2.75, 3.05) is 6.61 Å². The molecule has 0 aromatic heterocycles. The van der Waals surface area contributed by atoms with Crippen LogP contribution in [0.1, 0.15) is 65.7 Å². The second-order valence-corrected chi connectivity index (χ2v) is 8.28. The van der Waals surface area contributed by atoms with Gasteiger partial charge >= 0.3 is 0 Å². The molecule has 2 nitrogen and oxygen atoms in total. The smallest absolute Gasteiger partial charge is 0.0968 e. The summed E-state index contributed by atoms with van der Waals surface area (Å²) in [5.41, 5.74) is 0.943. The highest BCUT2D eigenvalue weighted by atomic mass is 16.6. The first-order chi connectivity index (χ1) is 8.98. The minimum atomic E-state index is 0.0915. The summed E-state index contributed by atoms with van der Waals surface area (Å²) in [7, 11) is 0. The van der Waals surface area contributed by atoms with E-state index >= 15 is 0 Å². The van der Waals surface area contributed by atoms with Crippen molar-refractivity contribution in [3.63, 3.8) is 0 Å². The van der Waals surface area contributed by atoms with E-state index in [2.05, 4.69) is 20.8 Å². The summed E-state index contributed by atoms with van der Waals surface area (Å²) >= 11 is 0. The molecule has 0 amide bonds. The zero-order valence-corrected chi connectivity index (χ0v) is 12.7. The Balaban J connectivity index is 1.59. The van der Waals surface area contributed by atoms with E-state index in [0.29, 0.717) is 23.0 Å². The Morgan fingerprint density at radius 2 is 1.89 bits per heavy atom. The molecule has 3 aliphatic carbocycles. The lowest BCUT2D eigenvalue weighted by molar-refractivity contribution is -0.156. The SMILES string of the molecule is CC1(C)C2CC[C@]1(C)C(OC13CCCC1OCC3)C2. The minimum Gasteiger partial charge on any atom is -0.375 e. The van der Waals surface area contributed by atoms with E-state index in [1.165, 1.54) is 38.5 Å². The predicted octanol–water partition coefficient (Wildman–Crippen LogP) is 3.93. The van der Waals surface area contributed by atoms with Gasteiger partial charge in [-0.05, 0) is 55.3 Å². The third-order valence-corrected chi connectivity index (χ3v) is 7.59. The lowest BCUT2D eigenvalue weighted by Gasteiger charge is -2.43. The van der Waals surface area contributed by atoms with Gasteiger partial charge in [0.15, 0.2) is 0 Å². The maximum atomic E-state index is 6.83. The van der Waals surface area contributed by atoms with Crippen LogP contribution in [0.2, 0.25) is 0 Å². The van der Waals surface area contributed by atoms with E-state index in [1.807, 2.05) is 0 Å². The molecule has 0 aromatic rings. The molecule has 4 unspecified atom stereocenters. The van der Waals surface area contributed by atoms with E-state index in [1.54, 1.807) is 0 Å². The quantitative estimate of drug-likeness (QED) is 0.752. The zero-order valence-electron chi connectivity index (χ0n) is 12.7. The maximum Gasteiger partial charge on any atom is 0.0968 e. The van der Waals surface area contributed by atoms with Crippen LogP contribution >= 0.6 is 0 Å². The molecule has 4 fully saturated rings. The van der Waals surface area contributed by atoms with Gasteiger partial charge in [-0.3, -0.25) is 0 Å². The van der Waals surface area contributed by atoms with Crippen molar-refractivity contribution in [1.29, 1.82) is 0 Å². The van der Waals surface area contributed by atoms with Crippen molar-refractivity contribution in [1.82, 2.24) is 0 Å². The van der Waals surface area contributed by atoms with Crippen LogP contribution in [-0.4, -0.2) is 24.4 Å². The monoisotopic (exact) mass is 264 g/mol. The topological polar surface area (TPSA) is 18.5 Å². The number of fused-ring (bicyclic) bond motifs is 3. The number of hydrogen-bond donors (Lipinski definition) is 0. The summed E-state index contributed by atoms with van der Waals surface area (Å²) in [6.07, 6.45) is 9.81. The number of ether oxygens (including phenoxy) is 2. The Labute approximate surface area is 117 Å². The molecule has 2 heteroatoms. The Bertz CT molecular complexity index is 379. The standard InChI is InChI=1S/C17H28O2/c1-15(2)12-6-8-16(15,3)14(11-12)19-17-7-4-5-13(17)18-10-9-17/h12-14H,4-11H2,1-3H3/t12?,13?,14?,16-,17?/m1/s1. The van der Waals surface area contributed by atoms with Gasteiger partial charge in [0.25, 0.3) is 0 Å². The molecule has 0 radical (unpaired) electrons. The second-order valence-electron chi connectivity index (χ2n) is 8.28. The first-order valence-electron chi connectivity index (χ1n) is 8.27. The van der Waals surface area contributed by atoms with E-state index < -0.39 is 0 Å². The van der Waals surface area contributed by atoms with Crippen molar-refractivity contribution >= 4 is 0 Å². The molecule has 19 heavy (non-hydrogen) atoms. The maximum absolute atomic E-state index is 6.83. The van der Waals surface area contributed by atoms with Gasteiger partial charge in [-0.2, -0.15) is 0 Å². The highest BCUT2D eigenvalue weighted by Gasteiger charge is 2.64. The number of hydrogen-bond acceptors (Lipinski definition) is 2. The van der Waals surface area contributed by atoms with Crippen LogP contribution in [0.15, 0.2) is 0 Å². The number of rotatable bonds is 2. The third kappa shape index (κ3) is 1.45. The molecule has 0 N–H and O–H groups in total. The Morgan fingerprint density at radius 1 is 1.05 bits per heavy atom. The van der Waals surface area contributed by atoms with E-state index in [4.69, 9.17) is 9.47 Å². The van der Waals surface area contributed by atoms with Gasteiger partial charge in [-0.15, -0.1) is 0 Å². The molecule has 0 spiro atoms. The minimum absolute atomic E-state index is 0.0915. The highest BCUT2D eigenvalue weighted by molar-refractivity contribution is 5.12. The Morgan fingerprint density at radius 3 is 2.58 bits per heavy atom. The average Bonchev–Trinajstić information content (AvgIpc) is 2.99. The fraction of sp³-hybridized carbons (Fsp3) is 1.00. The van der Waals surface area contributed by atoms with Crippen molar-refractivity contribution in [2.45, 2.75) is 83.5 Å². The van der Waals surface area contributed by atoms with Gasteiger partial charge in [0, 0.05) is 13.0 Å². The van der Waals surface area contributed by atoms with E-state index in [-0.39, 0.29) is 5.60 Å². The zero-order chi connectivity index (χ0) is 13.3. The van der Waals surface area contributed by atoms with Crippen molar-refractivity contribution in [3.8, 4) is 0 Å². The molecular formula is C17H28O2. The van der Waals surface area contributed by atoms with Gasteiger partial charge < -0.3 is 9.47 Å². The average molecular weight is 264 g/mol. The molecule has 5 atom stereocenters. The Kier molecular flexibility index (Phi) is 2.50. The lowest BCUT2D eigenvalue weighted by atomic mass is 9.70. The summed E-state index contributed by atoms with van der Waals surface area (Å²) in [6.45, 7) is 8.36. The van der Waals surface area contributed by atoms with Gasteiger partial charge in [0.05, 0.1) is 17.8 Å². The molecule has 2 bridgehead atoms. The van der Waals surface area contributed by atoms with Gasteiger partial charge in [-0.25, -0.2) is 0 Å². The summed E-state index contributed by atoms with van der Waals surface area (Å²) in [6, 6.07) is 0. The van der Waals surface area contributed by atoms with Crippen LogP contribution in [0.4, 0.5) is 0 Å². The van der Waals surface area contributed by atoms with Crippen molar-refractivity contribution in [2.24, 2.45) is 16.7 Å². The van der Waals surface area contributed by atoms with Crippen LogP contribution in [0.5, 0.6) is 0 Å². The van der Waals surface area contributed by atoms with Gasteiger partial charge in [0.1, 0.15) is 0 Å². The fourth-order valence-electron chi connectivity index (χ4n) is 5.69. The molecule has 108 valence electrons.